The molecule has 34 heavy (non-hydrogen) atoms. The first kappa shape index (κ1) is 21.2. The summed E-state index contributed by atoms with van der Waals surface area (Å²) in [5, 5.41) is 12.2. The van der Waals surface area contributed by atoms with E-state index in [0.29, 0.717) is 30.4 Å². The summed E-state index contributed by atoms with van der Waals surface area (Å²) < 4.78 is 20.5. The minimum Gasteiger partial charge on any atom is -0.423 e. The number of rotatable bonds is 6. The van der Waals surface area contributed by atoms with Crippen molar-refractivity contribution in [2.75, 3.05) is 37.0 Å². The molecule has 1 aliphatic heterocycles. The van der Waals surface area contributed by atoms with Gasteiger partial charge in [0.2, 0.25) is 0 Å². The van der Waals surface area contributed by atoms with Gasteiger partial charge in [0.15, 0.2) is 0 Å². The summed E-state index contributed by atoms with van der Waals surface area (Å²) >= 11 is 0. The number of nitrogens with one attached hydrogen (secondary N) is 1. The summed E-state index contributed by atoms with van der Waals surface area (Å²) in [4.78, 5) is 16.1. The number of aromatic nitrogens is 3. The summed E-state index contributed by atoms with van der Waals surface area (Å²) in [7, 11) is 1.80. The maximum absolute atomic E-state index is 14.5. The quantitative estimate of drug-likeness (QED) is 0.401. The highest BCUT2D eigenvalue weighted by Gasteiger charge is 2.46. The fourth-order valence-electron chi connectivity index (χ4n) is 5.56. The van der Waals surface area contributed by atoms with Gasteiger partial charge < -0.3 is 25.8 Å². The Morgan fingerprint density at radius 3 is 2.85 bits per heavy atom. The number of ether oxygens (including phenoxy) is 1. The van der Waals surface area contributed by atoms with Crippen LogP contribution in [0.2, 0.25) is 0 Å². The fourth-order valence-corrected chi connectivity index (χ4v) is 5.56. The molecule has 9 heteroatoms. The molecule has 3 heterocycles. The van der Waals surface area contributed by atoms with E-state index in [1.54, 1.807) is 25.4 Å². The van der Waals surface area contributed by atoms with Gasteiger partial charge in [-0.2, -0.15) is 9.97 Å². The summed E-state index contributed by atoms with van der Waals surface area (Å²) in [5.41, 5.74) is 11.3. The van der Waals surface area contributed by atoms with Crippen molar-refractivity contribution in [3.63, 3.8) is 0 Å². The summed E-state index contributed by atoms with van der Waals surface area (Å²) in [6, 6.07) is 7.18. The minimum absolute atomic E-state index is 0.0434. The molecule has 4 N–H and O–H groups in total. The van der Waals surface area contributed by atoms with Crippen molar-refractivity contribution in [2.24, 2.45) is 17.6 Å². The highest BCUT2D eigenvalue weighted by Crippen LogP contribution is 2.48. The smallest absolute Gasteiger partial charge is 0.324 e. The molecular formula is C25H27FN6O2. The van der Waals surface area contributed by atoms with E-state index < -0.39 is 0 Å². The molecule has 2 fully saturated rings. The molecule has 2 aliphatic carbocycles. The lowest BCUT2D eigenvalue weighted by Crippen LogP contribution is -2.46. The van der Waals surface area contributed by atoms with E-state index in [9.17, 15) is 4.39 Å². The maximum Gasteiger partial charge on any atom is 0.324 e. The molecule has 3 atom stereocenters. The van der Waals surface area contributed by atoms with E-state index in [1.165, 1.54) is 6.07 Å². The molecule has 8 nitrogen and oxygen atoms in total. The number of hydrogen-bond donors (Lipinski definition) is 3. The first-order valence-electron chi connectivity index (χ1n) is 11.7. The summed E-state index contributed by atoms with van der Waals surface area (Å²) in [6.45, 7) is 1.75. The second-order valence-electron chi connectivity index (χ2n) is 9.35. The predicted molar refractivity (Wildman–Crippen MR) is 127 cm³/mol. The van der Waals surface area contributed by atoms with Gasteiger partial charge in [-0.15, -0.1) is 0 Å². The number of nitrogens with two attached hydrogens (primary N) is 1. The number of halogens is 1. The lowest BCUT2D eigenvalue weighted by atomic mass is 9.72. The van der Waals surface area contributed by atoms with Crippen LogP contribution in [-0.2, 0) is 12.8 Å². The Balaban J connectivity index is 1.41. The number of benzene rings is 1. The van der Waals surface area contributed by atoms with Crippen LogP contribution < -0.4 is 20.7 Å². The molecule has 1 saturated carbocycles. The van der Waals surface area contributed by atoms with Crippen molar-refractivity contribution in [3.05, 3.63) is 53.2 Å². The highest BCUT2D eigenvalue weighted by atomic mass is 19.1. The maximum atomic E-state index is 14.5. The van der Waals surface area contributed by atoms with Gasteiger partial charge in [-0.25, -0.2) is 4.39 Å². The molecule has 1 saturated heterocycles. The van der Waals surface area contributed by atoms with Gasteiger partial charge in [-0.3, -0.25) is 4.98 Å². The van der Waals surface area contributed by atoms with Crippen molar-refractivity contribution in [3.8, 4) is 22.9 Å². The van der Waals surface area contributed by atoms with Crippen molar-refractivity contribution in [2.45, 2.75) is 25.3 Å². The zero-order valence-corrected chi connectivity index (χ0v) is 19.0. The van der Waals surface area contributed by atoms with Gasteiger partial charge in [0.25, 0.3) is 0 Å². The Morgan fingerprint density at radius 2 is 2.15 bits per heavy atom. The molecule has 0 bridgehead atoms. The number of anilines is 2. The molecule has 2 unspecified atom stereocenters. The van der Waals surface area contributed by atoms with Gasteiger partial charge in [0, 0.05) is 62.6 Å². The van der Waals surface area contributed by atoms with Crippen molar-refractivity contribution < 1.29 is 14.2 Å². The normalized spacial score (nSPS) is 22.1. The summed E-state index contributed by atoms with van der Waals surface area (Å²) in [5.74, 6) is 2.03. The molecule has 176 valence electrons. The number of hydrogen-bond acceptors (Lipinski definition) is 8. The average molecular weight is 463 g/mol. The van der Waals surface area contributed by atoms with Crippen molar-refractivity contribution >= 4 is 11.5 Å². The number of nitrogens with zero attached hydrogens (tertiary/aromatic N) is 4. The van der Waals surface area contributed by atoms with Crippen LogP contribution in [-0.4, -0.2) is 52.8 Å². The Labute approximate surface area is 197 Å². The molecule has 0 spiro atoms. The number of fused-ring (bicyclic) bond motifs is 4. The second-order valence-corrected chi connectivity index (χ2v) is 9.35. The molecule has 3 aliphatic rings. The van der Waals surface area contributed by atoms with Crippen molar-refractivity contribution in [1.29, 1.82) is 0 Å². The third-order valence-corrected chi connectivity index (χ3v) is 7.33. The topological polar surface area (TPSA) is 109 Å². The predicted octanol–water partition coefficient (Wildman–Crippen LogP) is 2.73. The van der Waals surface area contributed by atoms with E-state index in [0.717, 1.165) is 59.1 Å². The first-order valence-corrected chi connectivity index (χ1v) is 11.7. The number of pyridine rings is 1. The van der Waals surface area contributed by atoms with Gasteiger partial charge >= 0.3 is 6.01 Å². The molecule has 2 aromatic heterocycles. The van der Waals surface area contributed by atoms with Crippen LogP contribution in [0, 0.1) is 17.7 Å². The second kappa shape index (κ2) is 8.18. The van der Waals surface area contributed by atoms with Crippen LogP contribution in [0.15, 0.2) is 30.5 Å². The Bertz CT molecular complexity index is 1250. The zero-order valence-electron chi connectivity index (χ0n) is 19.0. The van der Waals surface area contributed by atoms with E-state index in [1.807, 2.05) is 6.07 Å². The third-order valence-electron chi connectivity index (χ3n) is 7.33. The Morgan fingerprint density at radius 1 is 1.26 bits per heavy atom. The molecule has 3 aromatic rings. The number of aliphatic hydroxyl groups is 1. The van der Waals surface area contributed by atoms with E-state index >= 15 is 0 Å². The largest absolute Gasteiger partial charge is 0.423 e. The van der Waals surface area contributed by atoms with Crippen LogP contribution in [0.1, 0.15) is 23.4 Å². The highest BCUT2D eigenvalue weighted by molar-refractivity contribution is 5.88. The van der Waals surface area contributed by atoms with Gasteiger partial charge in [0.1, 0.15) is 17.4 Å². The van der Waals surface area contributed by atoms with Crippen LogP contribution in [0.4, 0.5) is 15.9 Å². The first-order chi connectivity index (χ1) is 16.5. The SMILES string of the molecule is CNc1cc(F)cc2c1Cc1nc(Oc3ccc(CCO)nc3)nc(N3CC4C[C@@H](N)C4C3)c1-2. The summed E-state index contributed by atoms with van der Waals surface area (Å²) in [6.07, 6.45) is 3.70. The molecule has 0 radical (unpaired) electrons. The lowest BCUT2D eigenvalue weighted by molar-refractivity contribution is 0.194. The van der Waals surface area contributed by atoms with E-state index in [2.05, 4.69) is 15.2 Å². The zero-order chi connectivity index (χ0) is 23.4. The third kappa shape index (κ3) is 3.47. The van der Waals surface area contributed by atoms with Crippen LogP contribution in [0.3, 0.4) is 0 Å². The molecule has 6 rings (SSSR count). The van der Waals surface area contributed by atoms with Crippen LogP contribution in [0.25, 0.3) is 11.1 Å². The van der Waals surface area contributed by atoms with Gasteiger partial charge in [-0.05, 0) is 53.6 Å². The van der Waals surface area contributed by atoms with Gasteiger partial charge in [0.05, 0.1) is 11.9 Å². The Kier molecular flexibility index (Phi) is 5.11. The van der Waals surface area contributed by atoms with Crippen LogP contribution in [0.5, 0.6) is 11.8 Å². The van der Waals surface area contributed by atoms with Crippen LogP contribution >= 0.6 is 0 Å². The van der Waals surface area contributed by atoms with E-state index in [-0.39, 0.29) is 24.5 Å². The molecular weight excluding hydrogens is 435 g/mol. The van der Waals surface area contributed by atoms with Crippen molar-refractivity contribution in [1.82, 2.24) is 15.0 Å². The monoisotopic (exact) mass is 462 g/mol. The molecule has 0 amide bonds. The minimum atomic E-state index is -0.292. The standard InChI is InChI=1S/C25H27FN6O2/c1-28-21-8-14(26)7-18-17(21)9-22-23(18)24(32-11-13-6-20(27)19(13)12-32)31-25(30-22)34-16-3-2-15(4-5-33)29-10-16/h2-3,7-8,10,13,19-20,28,33H,4-6,9,11-12,27H2,1H3/t13?,19?,20-/m1/s1. The fraction of sp³-hybridized carbons (Fsp3) is 0.400. The Hall–Kier alpha value is -3.30. The molecule has 1 aromatic carbocycles. The number of aliphatic hydroxyl groups excluding tert-OH is 1. The van der Waals surface area contributed by atoms with Gasteiger partial charge in [-0.1, -0.05) is 0 Å². The van der Waals surface area contributed by atoms with E-state index in [4.69, 9.17) is 25.5 Å². The average Bonchev–Trinajstić information content (AvgIpc) is 3.37. The lowest BCUT2D eigenvalue weighted by Gasteiger charge is -2.36.